The fourth-order valence-electron chi connectivity index (χ4n) is 6.45. The molecule has 0 aromatic heterocycles. The molecule has 1 aliphatic carbocycles. The van der Waals surface area contributed by atoms with Gasteiger partial charge in [-0.2, -0.15) is 0 Å². The van der Waals surface area contributed by atoms with Crippen molar-refractivity contribution in [2.75, 3.05) is 13.6 Å². The second kappa shape index (κ2) is 8.93. The van der Waals surface area contributed by atoms with Crippen LogP contribution in [0.25, 0.3) is 0 Å². The van der Waals surface area contributed by atoms with Crippen LogP contribution in [-0.2, 0) is 35.3 Å². The Bertz CT molecular complexity index is 850. The molecule has 33 heavy (non-hydrogen) atoms. The Morgan fingerprint density at radius 2 is 1.91 bits per heavy atom. The number of carbonyl (C=O) groups is 1. The molecule has 7 heteroatoms. The predicted octanol–water partition coefficient (Wildman–Crippen LogP) is 4.26. The molecule has 2 unspecified atom stereocenters. The fourth-order valence-corrected chi connectivity index (χ4v) is 6.45. The van der Waals surface area contributed by atoms with Gasteiger partial charge in [-0.3, -0.25) is 4.79 Å². The van der Waals surface area contributed by atoms with Gasteiger partial charge in [-0.15, -0.1) is 0 Å². The maximum Gasteiger partial charge on any atom is 0.309 e. The Morgan fingerprint density at radius 3 is 2.70 bits per heavy atom. The maximum atomic E-state index is 12.8. The second-order valence-electron chi connectivity index (χ2n) is 10.7. The van der Waals surface area contributed by atoms with Crippen molar-refractivity contribution in [3.8, 4) is 0 Å². The van der Waals surface area contributed by atoms with Gasteiger partial charge in [0.2, 0.25) is 12.1 Å². The molecule has 2 bridgehead atoms. The molecular weight excluding hydrogens is 422 g/mol. The van der Waals surface area contributed by atoms with Gasteiger partial charge in [-0.05, 0) is 50.6 Å². The average Bonchev–Trinajstić information content (AvgIpc) is 3.02. The van der Waals surface area contributed by atoms with Gasteiger partial charge < -0.3 is 19.1 Å². The van der Waals surface area contributed by atoms with Gasteiger partial charge in [-0.25, -0.2) is 9.78 Å². The molecule has 4 heterocycles. The molecule has 0 radical (unpaired) electrons. The fraction of sp³-hybridized carbons (Fsp3) is 0.731. The maximum absolute atomic E-state index is 12.8. The number of carbonyl (C=O) groups excluding carboxylic acids is 1. The third-order valence-corrected chi connectivity index (χ3v) is 8.34. The summed E-state index contributed by atoms with van der Waals surface area (Å²) in [5.74, 6) is -0.115. The van der Waals surface area contributed by atoms with E-state index in [1.165, 1.54) is 5.56 Å². The standard InChI is InChI=1S/C26H37NO6/c1-17-10-11-21-18(2)23(29-22(28)13-15-27(4)16-19-8-6-5-7-9-19)30-24-26(21)20(17)12-14-25(3,31-24)32-33-26/h5-9,17-18,20-21,23-24H,10-16H2,1-4H3/t17-,18-,20+,21+,23-,24?,25+,26?/m1/s1. The van der Waals surface area contributed by atoms with Crippen molar-refractivity contribution in [3.05, 3.63) is 35.9 Å². The summed E-state index contributed by atoms with van der Waals surface area (Å²) >= 11 is 0. The molecule has 1 saturated carbocycles. The number of nitrogens with zero attached hydrogens (tertiary/aromatic N) is 1. The number of hydrogen-bond acceptors (Lipinski definition) is 7. The molecule has 0 N–H and O–H groups in total. The summed E-state index contributed by atoms with van der Waals surface area (Å²) in [4.78, 5) is 26.9. The summed E-state index contributed by atoms with van der Waals surface area (Å²) in [5.41, 5.74) is 0.589. The van der Waals surface area contributed by atoms with Gasteiger partial charge in [0.05, 0.1) is 6.42 Å². The van der Waals surface area contributed by atoms with E-state index in [2.05, 4.69) is 30.9 Å². The van der Waals surface area contributed by atoms with Crippen molar-refractivity contribution in [1.82, 2.24) is 4.90 Å². The zero-order valence-electron chi connectivity index (χ0n) is 20.2. The predicted molar refractivity (Wildman–Crippen MR) is 120 cm³/mol. The number of ether oxygens (including phenoxy) is 3. The van der Waals surface area contributed by atoms with Crippen molar-refractivity contribution in [1.29, 1.82) is 0 Å². The summed E-state index contributed by atoms with van der Waals surface area (Å²) in [7, 11) is 2.02. The van der Waals surface area contributed by atoms with Gasteiger partial charge in [0.15, 0.2) is 11.9 Å². The lowest BCUT2D eigenvalue weighted by Crippen LogP contribution is -2.70. The van der Waals surface area contributed by atoms with Crippen molar-refractivity contribution < 1.29 is 28.8 Å². The quantitative estimate of drug-likeness (QED) is 0.465. The van der Waals surface area contributed by atoms with Gasteiger partial charge >= 0.3 is 5.97 Å². The number of esters is 1. The lowest BCUT2D eigenvalue weighted by Gasteiger charge is -2.59. The Balaban J connectivity index is 1.24. The van der Waals surface area contributed by atoms with Crippen LogP contribution in [-0.4, -0.2) is 48.4 Å². The van der Waals surface area contributed by atoms with E-state index in [1.807, 2.05) is 32.2 Å². The zero-order valence-corrected chi connectivity index (χ0v) is 20.2. The number of fused-ring (bicyclic) bond motifs is 2. The molecule has 1 aromatic rings. The van der Waals surface area contributed by atoms with Crippen LogP contribution in [0.1, 0.15) is 58.4 Å². The third-order valence-electron chi connectivity index (χ3n) is 8.34. The highest BCUT2D eigenvalue weighted by molar-refractivity contribution is 5.69. The highest BCUT2D eigenvalue weighted by Gasteiger charge is 2.69. The Hall–Kier alpha value is -1.51. The minimum absolute atomic E-state index is 0.00287. The molecule has 4 aliphatic heterocycles. The second-order valence-corrected chi connectivity index (χ2v) is 10.7. The van der Waals surface area contributed by atoms with Gasteiger partial charge in [0, 0.05) is 31.3 Å². The van der Waals surface area contributed by atoms with E-state index in [1.54, 1.807) is 0 Å². The lowest BCUT2D eigenvalue weighted by molar-refractivity contribution is -0.576. The molecule has 5 aliphatic rings. The van der Waals surface area contributed by atoms with Crippen LogP contribution in [0.4, 0.5) is 0 Å². The first-order chi connectivity index (χ1) is 15.8. The smallest absolute Gasteiger partial charge is 0.309 e. The van der Waals surface area contributed by atoms with Crippen LogP contribution in [0.5, 0.6) is 0 Å². The van der Waals surface area contributed by atoms with Crippen LogP contribution in [0.3, 0.4) is 0 Å². The largest absolute Gasteiger partial charge is 0.435 e. The lowest BCUT2D eigenvalue weighted by atomic mass is 9.58. The first-order valence-corrected chi connectivity index (χ1v) is 12.4. The van der Waals surface area contributed by atoms with Crippen LogP contribution in [0.15, 0.2) is 30.3 Å². The summed E-state index contributed by atoms with van der Waals surface area (Å²) in [6, 6.07) is 10.2. The Labute approximate surface area is 196 Å². The van der Waals surface area contributed by atoms with Crippen molar-refractivity contribution in [2.45, 2.75) is 83.4 Å². The van der Waals surface area contributed by atoms with E-state index in [0.717, 1.165) is 32.2 Å². The van der Waals surface area contributed by atoms with Crippen LogP contribution < -0.4 is 0 Å². The SMILES string of the molecule is C[C@H]1[C@H](OC(=O)CCN(C)Cc2ccccc2)OC2O[C@]3(C)CC[C@H]4[C@H](C)CC[C@@H]1C24OO3. The minimum Gasteiger partial charge on any atom is -0.435 e. The normalized spacial score (nSPS) is 42.0. The van der Waals surface area contributed by atoms with Gasteiger partial charge in [0.1, 0.15) is 0 Å². The Kier molecular flexibility index (Phi) is 6.29. The van der Waals surface area contributed by atoms with E-state index in [-0.39, 0.29) is 17.8 Å². The summed E-state index contributed by atoms with van der Waals surface area (Å²) in [6.07, 6.45) is 2.94. The Morgan fingerprint density at radius 1 is 1.12 bits per heavy atom. The van der Waals surface area contributed by atoms with E-state index < -0.39 is 24.0 Å². The van der Waals surface area contributed by atoms with Gasteiger partial charge in [-0.1, -0.05) is 44.2 Å². The average molecular weight is 460 g/mol. The molecule has 1 aromatic carbocycles. The third kappa shape index (κ3) is 4.23. The van der Waals surface area contributed by atoms with Crippen molar-refractivity contribution >= 4 is 5.97 Å². The summed E-state index contributed by atoms with van der Waals surface area (Å²) < 4.78 is 18.6. The molecule has 5 fully saturated rings. The first-order valence-electron chi connectivity index (χ1n) is 12.4. The van der Waals surface area contributed by atoms with E-state index in [9.17, 15) is 4.79 Å². The molecule has 8 atom stereocenters. The van der Waals surface area contributed by atoms with Crippen molar-refractivity contribution in [2.24, 2.45) is 23.7 Å². The molecule has 4 saturated heterocycles. The number of benzene rings is 1. The molecular formula is C26H37NO6. The summed E-state index contributed by atoms with van der Waals surface area (Å²) in [5, 5.41) is 0. The molecule has 1 spiro atoms. The van der Waals surface area contributed by atoms with Crippen LogP contribution in [0, 0.1) is 23.7 Å². The van der Waals surface area contributed by atoms with E-state index in [0.29, 0.717) is 24.8 Å². The van der Waals surface area contributed by atoms with E-state index in [4.69, 9.17) is 24.0 Å². The summed E-state index contributed by atoms with van der Waals surface area (Å²) in [6.45, 7) is 7.71. The molecule has 182 valence electrons. The van der Waals surface area contributed by atoms with Crippen molar-refractivity contribution in [3.63, 3.8) is 0 Å². The minimum atomic E-state index is -0.827. The van der Waals surface area contributed by atoms with Crippen LogP contribution in [0.2, 0.25) is 0 Å². The van der Waals surface area contributed by atoms with Crippen LogP contribution >= 0.6 is 0 Å². The molecule has 7 nitrogen and oxygen atoms in total. The van der Waals surface area contributed by atoms with E-state index >= 15 is 0 Å². The number of hydrogen-bond donors (Lipinski definition) is 0. The highest BCUT2D eigenvalue weighted by Crippen LogP contribution is 2.60. The molecule has 0 amide bonds. The zero-order chi connectivity index (χ0) is 23.2. The first kappa shape index (κ1) is 23.2. The highest BCUT2D eigenvalue weighted by atomic mass is 17.3. The topological polar surface area (TPSA) is 66.5 Å². The number of rotatable bonds is 6. The monoisotopic (exact) mass is 459 g/mol. The van der Waals surface area contributed by atoms with Gasteiger partial charge in [0.25, 0.3) is 0 Å². The molecule has 6 rings (SSSR count).